The van der Waals surface area contributed by atoms with Gasteiger partial charge in [0.2, 0.25) is 0 Å². The Morgan fingerprint density at radius 2 is 0.929 bits per heavy atom. The van der Waals surface area contributed by atoms with Crippen molar-refractivity contribution in [1.29, 1.82) is 0 Å². The van der Waals surface area contributed by atoms with E-state index in [1.807, 2.05) is 0 Å². The molecule has 0 saturated heterocycles. The maximum absolute atomic E-state index is 2.22. The molecule has 0 heterocycles. The van der Waals surface area contributed by atoms with Gasteiger partial charge in [0.1, 0.15) is 0 Å². The SMILES string of the molecule is I.c1cc[c]([Ge][c]2ccccc2)cc1. The normalized spacial score (nSPS) is 9.14. The summed E-state index contributed by atoms with van der Waals surface area (Å²) in [6.45, 7) is 0. The van der Waals surface area contributed by atoms with Gasteiger partial charge in [-0.15, -0.1) is 24.0 Å². The molecule has 0 nitrogen and oxygen atoms in total. The second kappa shape index (κ2) is 6.24. The molecule has 0 fully saturated rings. The molecule has 2 aromatic carbocycles. The monoisotopic (exact) mass is 356 g/mol. The van der Waals surface area contributed by atoms with Crippen molar-refractivity contribution < 1.29 is 0 Å². The van der Waals surface area contributed by atoms with Crippen LogP contribution in [-0.4, -0.2) is 15.4 Å². The Hall–Kier alpha value is -0.287. The molecular weight excluding hydrogens is 344 g/mol. The molecule has 0 aliphatic rings. The molecule has 0 aliphatic carbocycles. The summed E-state index contributed by atoms with van der Waals surface area (Å²) < 4.78 is 2.99. The number of hydrogen-bond acceptors (Lipinski definition) is 0. The van der Waals surface area contributed by atoms with Gasteiger partial charge in [-0.3, -0.25) is 0 Å². The molecule has 0 saturated carbocycles. The first-order valence-corrected chi connectivity index (χ1v) is 6.42. The van der Waals surface area contributed by atoms with E-state index in [9.17, 15) is 0 Å². The van der Waals surface area contributed by atoms with Crippen LogP contribution in [0.15, 0.2) is 60.7 Å². The van der Waals surface area contributed by atoms with Gasteiger partial charge in [-0.2, -0.15) is 0 Å². The van der Waals surface area contributed by atoms with E-state index in [1.165, 1.54) is 8.79 Å². The van der Waals surface area contributed by atoms with Crippen LogP contribution in [0.4, 0.5) is 0 Å². The van der Waals surface area contributed by atoms with Crippen molar-refractivity contribution in [2.24, 2.45) is 0 Å². The fourth-order valence-electron chi connectivity index (χ4n) is 1.21. The van der Waals surface area contributed by atoms with Crippen molar-refractivity contribution in [3.63, 3.8) is 0 Å². The third-order valence-electron chi connectivity index (χ3n) is 1.84. The van der Waals surface area contributed by atoms with E-state index in [1.54, 1.807) is 0 Å². The average Bonchev–Trinajstić information content (AvgIpc) is 2.21. The number of halogens is 1. The molecule has 0 N–H and O–H groups in total. The van der Waals surface area contributed by atoms with Gasteiger partial charge in [-0.05, 0) is 0 Å². The average molecular weight is 355 g/mol. The van der Waals surface area contributed by atoms with E-state index >= 15 is 0 Å². The van der Waals surface area contributed by atoms with Crippen LogP contribution in [0.1, 0.15) is 0 Å². The number of benzene rings is 2. The maximum atomic E-state index is 2.22. The van der Waals surface area contributed by atoms with E-state index in [0.29, 0.717) is 0 Å². The molecule has 2 heteroatoms. The van der Waals surface area contributed by atoms with Crippen LogP contribution >= 0.6 is 24.0 Å². The summed E-state index contributed by atoms with van der Waals surface area (Å²) in [5, 5.41) is 0. The molecule has 0 atom stereocenters. The number of hydrogen-bond donors (Lipinski definition) is 0. The van der Waals surface area contributed by atoms with Crippen molar-refractivity contribution in [2.75, 3.05) is 0 Å². The van der Waals surface area contributed by atoms with Crippen molar-refractivity contribution in [2.45, 2.75) is 0 Å². The van der Waals surface area contributed by atoms with Crippen molar-refractivity contribution in [3.05, 3.63) is 60.7 Å². The molecule has 2 rings (SSSR count). The molecule has 0 aromatic heterocycles. The van der Waals surface area contributed by atoms with Crippen LogP contribution in [0.2, 0.25) is 0 Å². The molecule has 0 spiro atoms. The predicted molar refractivity (Wildman–Crippen MR) is 73.3 cm³/mol. The summed E-state index contributed by atoms with van der Waals surface area (Å²) >= 11 is -0.108. The summed E-state index contributed by atoms with van der Waals surface area (Å²) in [6.07, 6.45) is 0. The summed E-state index contributed by atoms with van der Waals surface area (Å²) in [4.78, 5) is 0. The summed E-state index contributed by atoms with van der Waals surface area (Å²) in [5.74, 6) is 0. The van der Waals surface area contributed by atoms with E-state index in [0.717, 1.165) is 0 Å². The molecule has 0 unspecified atom stereocenters. The zero-order valence-corrected chi connectivity index (χ0v) is 12.1. The van der Waals surface area contributed by atoms with Gasteiger partial charge in [0, 0.05) is 0 Å². The van der Waals surface area contributed by atoms with E-state index < -0.39 is 0 Å². The van der Waals surface area contributed by atoms with Gasteiger partial charge in [0.05, 0.1) is 0 Å². The number of rotatable bonds is 2. The Labute approximate surface area is 108 Å². The Kier molecular flexibility index (Phi) is 5.26. The molecule has 0 amide bonds. The molecule has 70 valence electrons. The molecule has 14 heavy (non-hydrogen) atoms. The minimum atomic E-state index is -0.108. The van der Waals surface area contributed by atoms with Gasteiger partial charge < -0.3 is 0 Å². The van der Waals surface area contributed by atoms with E-state index in [4.69, 9.17) is 0 Å². The van der Waals surface area contributed by atoms with Gasteiger partial charge in [-0.1, -0.05) is 0 Å². The van der Waals surface area contributed by atoms with Crippen molar-refractivity contribution >= 4 is 48.2 Å². The fraction of sp³-hybridized carbons (Fsp3) is 0. The Bertz CT molecular complexity index is 321. The molecule has 0 aliphatic heterocycles. The quantitative estimate of drug-likeness (QED) is 0.571. The zero-order valence-electron chi connectivity index (χ0n) is 7.68. The summed E-state index contributed by atoms with van der Waals surface area (Å²) in [5.41, 5.74) is 0. The van der Waals surface area contributed by atoms with Crippen molar-refractivity contribution in [3.8, 4) is 0 Å². The second-order valence-electron chi connectivity index (χ2n) is 2.86. The van der Waals surface area contributed by atoms with Gasteiger partial charge in [0.25, 0.3) is 0 Å². The van der Waals surface area contributed by atoms with Gasteiger partial charge in [0.15, 0.2) is 0 Å². The van der Waals surface area contributed by atoms with Crippen LogP contribution in [0.3, 0.4) is 0 Å². The van der Waals surface area contributed by atoms with E-state index in [2.05, 4.69) is 60.7 Å². The van der Waals surface area contributed by atoms with E-state index in [-0.39, 0.29) is 39.4 Å². The third-order valence-corrected chi connectivity index (χ3v) is 4.45. The molecule has 2 aromatic rings. The molecular formula is C12H11GeI. The summed E-state index contributed by atoms with van der Waals surface area (Å²) in [6, 6.07) is 21.5. The molecule has 2 radical (unpaired) electrons. The fourth-order valence-corrected chi connectivity index (χ4v) is 3.42. The Morgan fingerprint density at radius 3 is 1.29 bits per heavy atom. The summed E-state index contributed by atoms with van der Waals surface area (Å²) in [7, 11) is 0. The second-order valence-corrected chi connectivity index (χ2v) is 5.80. The zero-order chi connectivity index (χ0) is 8.93. The predicted octanol–water partition coefficient (Wildman–Crippen LogP) is 1.96. The van der Waals surface area contributed by atoms with Gasteiger partial charge in [-0.25, -0.2) is 0 Å². The first kappa shape index (κ1) is 11.8. The standard InChI is InChI=1S/C12H10Ge.HI/c1-3-7-11(8-4-1)13-12-9-5-2-6-10-12;/h1-10H;1H. The van der Waals surface area contributed by atoms with Gasteiger partial charge >= 0.3 is 84.9 Å². The molecule has 0 bridgehead atoms. The van der Waals surface area contributed by atoms with Crippen LogP contribution in [0.25, 0.3) is 0 Å². The Balaban J connectivity index is 0.000000980. The van der Waals surface area contributed by atoms with Crippen LogP contribution in [0, 0.1) is 0 Å². The first-order valence-electron chi connectivity index (χ1n) is 4.32. The van der Waals surface area contributed by atoms with Crippen molar-refractivity contribution in [1.82, 2.24) is 0 Å². The third kappa shape index (κ3) is 3.46. The van der Waals surface area contributed by atoms with Crippen LogP contribution < -0.4 is 8.79 Å². The van der Waals surface area contributed by atoms with Crippen LogP contribution in [-0.2, 0) is 0 Å². The van der Waals surface area contributed by atoms with Crippen LogP contribution in [0.5, 0.6) is 0 Å². The minimum absolute atomic E-state index is 0. The Morgan fingerprint density at radius 1 is 0.571 bits per heavy atom. The first-order chi connectivity index (χ1) is 6.45. The topological polar surface area (TPSA) is 0 Å².